The molecule has 2 aliphatic rings. The Morgan fingerprint density at radius 3 is 2.38 bits per heavy atom. The average molecular weight is 351 g/mol. The number of benzene rings is 2. The monoisotopic (exact) mass is 351 g/mol. The first-order valence-electron chi connectivity index (χ1n) is 9.31. The summed E-state index contributed by atoms with van der Waals surface area (Å²) in [4.78, 5) is 15.7. The molecule has 2 fully saturated rings. The molecule has 0 aromatic heterocycles. The van der Waals surface area contributed by atoms with E-state index in [9.17, 15) is 4.79 Å². The smallest absolute Gasteiger partial charge is 0.169 e. The molecule has 4 nitrogen and oxygen atoms in total. The summed E-state index contributed by atoms with van der Waals surface area (Å²) in [5, 5.41) is 0. The van der Waals surface area contributed by atoms with Gasteiger partial charge in [-0.05, 0) is 30.5 Å². The van der Waals surface area contributed by atoms with Crippen molar-refractivity contribution in [3.63, 3.8) is 0 Å². The van der Waals surface area contributed by atoms with Gasteiger partial charge in [0.05, 0.1) is 25.9 Å². The molecule has 2 saturated heterocycles. The van der Waals surface area contributed by atoms with Crippen LogP contribution in [0.25, 0.3) is 0 Å². The molecule has 2 aliphatic heterocycles. The summed E-state index contributed by atoms with van der Waals surface area (Å²) in [5.41, 5.74) is 2.02. The summed E-state index contributed by atoms with van der Waals surface area (Å²) >= 11 is 0. The molecule has 2 heterocycles. The van der Waals surface area contributed by atoms with Crippen molar-refractivity contribution in [2.45, 2.75) is 31.5 Å². The predicted octanol–water partition coefficient (Wildman–Crippen LogP) is 3.56. The SMILES string of the molecule is COc1ccccc1C(=O)C1CC2COCC(C1)N2Cc1ccccc1. The fourth-order valence-corrected chi connectivity index (χ4v) is 4.32. The molecule has 0 aliphatic carbocycles. The van der Waals surface area contributed by atoms with E-state index < -0.39 is 0 Å². The number of methoxy groups -OCH3 is 1. The van der Waals surface area contributed by atoms with Crippen LogP contribution in [0.2, 0.25) is 0 Å². The normalized spacial score (nSPS) is 25.7. The van der Waals surface area contributed by atoms with E-state index in [2.05, 4.69) is 29.2 Å². The third-order valence-corrected chi connectivity index (χ3v) is 5.62. The van der Waals surface area contributed by atoms with Crippen molar-refractivity contribution in [1.29, 1.82) is 0 Å². The third kappa shape index (κ3) is 3.39. The summed E-state index contributed by atoms with van der Waals surface area (Å²) in [5.74, 6) is 0.918. The van der Waals surface area contributed by atoms with Gasteiger partial charge in [-0.25, -0.2) is 0 Å². The van der Waals surface area contributed by atoms with Crippen molar-refractivity contribution in [3.05, 3.63) is 65.7 Å². The second kappa shape index (κ2) is 7.60. The summed E-state index contributed by atoms with van der Waals surface area (Å²) in [6, 6.07) is 18.7. The molecule has 2 aromatic rings. The van der Waals surface area contributed by atoms with Gasteiger partial charge in [0, 0.05) is 24.5 Å². The summed E-state index contributed by atoms with van der Waals surface area (Å²) in [7, 11) is 1.62. The molecule has 4 rings (SSSR count). The van der Waals surface area contributed by atoms with Crippen molar-refractivity contribution in [2.75, 3.05) is 20.3 Å². The zero-order valence-electron chi connectivity index (χ0n) is 15.1. The van der Waals surface area contributed by atoms with E-state index in [1.807, 2.05) is 30.3 Å². The Morgan fingerprint density at radius 1 is 1.04 bits per heavy atom. The van der Waals surface area contributed by atoms with E-state index in [0.29, 0.717) is 36.6 Å². The Balaban J connectivity index is 1.51. The minimum atomic E-state index is 0.0391. The average Bonchev–Trinajstić information content (AvgIpc) is 2.68. The van der Waals surface area contributed by atoms with Crippen LogP contribution in [0.1, 0.15) is 28.8 Å². The summed E-state index contributed by atoms with van der Waals surface area (Å²) in [6.07, 6.45) is 1.69. The van der Waals surface area contributed by atoms with Crippen molar-refractivity contribution in [2.24, 2.45) is 5.92 Å². The molecule has 0 saturated carbocycles. The quantitative estimate of drug-likeness (QED) is 0.772. The van der Waals surface area contributed by atoms with Gasteiger partial charge in [0.15, 0.2) is 5.78 Å². The molecule has 2 unspecified atom stereocenters. The number of nitrogens with zero attached hydrogens (tertiary/aromatic N) is 1. The van der Waals surface area contributed by atoms with Gasteiger partial charge in [-0.15, -0.1) is 0 Å². The molecule has 2 aromatic carbocycles. The number of hydrogen-bond donors (Lipinski definition) is 0. The van der Waals surface area contributed by atoms with Crippen LogP contribution in [0.3, 0.4) is 0 Å². The molecule has 0 spiro atoms. The van der Waals surface area contributed by atoms with Crippen molar-refractivity contribution in [1.82, 2.24) is 4.90 Å². The Bertz CT molecular complexity index is 747. The first kappa shape index (κ1) is 17.3. The summed E-state index contributed by atoms with van der Waals surface area (Å²) in [6.45, 7) is 2.34. The van der Waals surface area contributed by atoms with Gasteiger partial charge in [-0.1, -0.05) is 42.5 Å². The Kier molecular flexibility index (Phi) is 5.05. The number of Topliss-reactive ketones (excluding diaryl/α,β-unsaturated/α-hetero) is 1. The second-order valence-electron chi connectivity index (χ2n) is 7.24. The molecule has 0 amide bonds. The number of carbonyl (C=O) groups excluding carboxylic acids is 1. The molecule has 2 atom stereocenters. The van der Waals surface area contributed by atoms with Gasteiger partial charge in [0.25, 0.3) is 0 Å². The van der Waals surface area contributed by atoms with Crippen LogP contribution in [0.15, 0.2) is 54.6 Å². The number of piperidine rings is 1. The summed E-state index contributed by atoms with van der Waals surface area (Å²) < 4.78 is 11.2. The van der Waals surface area contributed by atoms with E-state index in [1.54, 1.807) is 7.11 Å². The van der Waals surface area contributed by atoms with Crippen LogP contribution in [-0.2, 0) is 11.3 Å². The van der Waals surface area contributed by atoms with Crippen LogP contribution in [-0.4, -0.2) is 43.1 Å². The van der Waals surface area contributed by atoms with Gasteiger partial charge in [-0.2, -0.15) is 0 Å². The number of carbonyl (C=O) groups is 1. The number of rotatable bonds is 5. The lowest BCUT2D eigenvalue weighted by atomic mass is 9.80. The molecule has 2 bridgehead atoms. The molecule has 0 radical (unpaired) electrons. The maximum Gasteiger partial charge on any atom is 0.169 e. The van der Waals surface area contributed by atoms with Crippen LogP contribution in [0, 0.1) is 5.92 Å². The molecular formula is C22H25NO3. The molecule has 136 valence electrons. The number of ketones is 1. The minimum Gasteiger partial charge on any atom is -0.496 e. The first-order valence-corrected chi connectivity index (χ1v) is 9.31. The van der Waals surface area contributed by atoms with Gasteiger partial charge >= 0.3 is 0 Å². The fraction of sp³-hybridized carbons (Fsp3) is 0.409. The predicted molar refractivity (Wildman–Crippen MR) is 100 cm³/mol. The largest absolute Gasteiger partial charge is 0.496 e. The lowest BCUT2D eigenvalue weighted by Crippen LogP contribution is -2.57. The molecular weight excluding hydrogens is 326 g/mol. The number of ether oxygens (including phenoxy) is 2. The van der Waals surface area contributed by atoms with E-state index in [-0.39, 0.29) is 11.7 Å². The lowest BCUT2D eigenvalue weighted by Gasteiger charge is -2.48. The topological polar surface area (TPSA) is 38.8 Å². The van der Waals surface area contributed by atoms with E-state index in [0.717, 1.165) is 19.4 Å². The van der Waals surface area contributed by atoms with Gasteiger partial charge in [-0.3, -0.25) is 9.69 Å². The van der Waals surface area contributed by atoms with E-state index >= 15 is 0 Å². The van der Waals surface area contributed by atoms with Crippen molar-refractivity contribution in [3.8, 4) is 5.75 Å². The Labute approximate surface area is 154 Å². The third-order valence-electron chi connectivity index (χ3n) is 5.62. The van der Waals surface area contributed by atoms with Gasteiger partial charge < -0.3 is 9.47 Å². The molecule has 26 heavy (non-hydrogen) atoms. The maximum absolute atomic E-state index is 13.1. The highest BCUT2D eigenvalue weighted by molar-refractivity contribution is 6.00. The van der Waals surface area contributed by atoms with E-state index in [4.69, 9.17) is 9.47 Å². The van der Waals surface area contributed by atoms with Crippen LogP contribution in [0.4, 0.5) is 0 Å². The number of morpholine rings is 1. The van der Waals surface area contributed by atoms with Crippen LogP contribution < -0.4 is 4.74 Å². The zero-order valence-corrected chi connectivity index (χ0v) is 15.1. The van der Waals surface area contributed by atoms with Crippen LogP contribution >= 0.6 is 0 Å². The molecule has 4 heteroatoms. The van der Waals surface area contributed by atoms with Gasteiger partial charge in [0.1, 0.15) is 5.75 Å². The molecule has 0 N–H and O–H groups in total. The highest BCUT2D eigenvalue weighted by Crippen LogP contribution is 2.35. The van der Waals surface area contributed by atoms with Crippen molar-refractivity contribution < 1.29 is 14.3 Å². The number of para-hydroxylation sites is 1. The Morgan fingerprint density at radius 2 is 1.69 bits per heavy atom. The van der Waals surface area contributed by atoms with Crippen molar-refractivity contribution >= 4 is 5.78 Å². The standard InChI is InChI=1S/C22H25NO3/c1-25-21-10-6-5-9-20(21)22(24)17-11-18-14-26-15-19(12-17)23(18)13-16-7-3-2-4-8-16/h2-10,17-19H,11-15H2,1H3. The van der Waals surface area contributed by atoms with Gasteiger partial charge in [0.2, 0.25) is 0 Å². The minimum absolute atomic E-state index is 0.0391. The number of fused-ring (bicyclic) bond motifs is 2. The fourth-order valence-electron chi connectivity index (χ4n) is 4.32. The number of hydrogen-bond acceptors (Lipinski definition) is 4. The lowest BCUT2D eigenvalue weighted by molar-refractivity contribution is -0.0873. The first-order chi connectivity index (χ1) is 12.8. The van der Waals surface area contributed by atoms with E-state index in [1.165, 1.54) is 5.56 Å². The van der Waals surface area contributed by atoms with Crippen LogP contribution in [0.5, 0.6) is 5.75 Å². The Hall–Kier alpha value is -2.17. The highest BCUT2D eigenvalue weighted by atomic mass is 16.5. The second-order valence-corrected chi connectivity index (χ2v) is 7.24. The zero-order chi connectivity index (χ0) is 17.9. The maximum atomic E-state index is 13.1. The highest BCUT2D eigenvalue weighted by Gasteiger charge is 2.41.